The van der Waals surface area contributed by atoms with Gasteiger partial charge in [-0.25, -0.2) is 14.0 Å². The van der Waals surface area contributed by atoms with E-state index < -0.39 is 48.1 Å². The summed E-state index contributed by atoms with van der Waals surface area (Å²) < 4.78 is 18.6. The number of alkyl halides is 1. The summed E-state index contributed by atoms with van der Waals surface area (Å²) in [4.78, 5) is 28.1. The van der Waals surface area contributed by atoms with Gasteiger partial charge in [0.05, 0.1) is 6.10 Å². The van der Waals surface area contributed by atoms with Crippen LogP contribution in [-0.2, 0) is 4.74 Å². The summed E-state index contributed by atoms with van der Waals surface area (Å²) in [6.45, 7) is 0.337. The maximum atomic E-state index is 12.3. The van der Waals surface area contributed by atoms with Crippen LogP contribution in [0.5, 0.6) is 0 Å². The third-order valence-electron chi connectivity index (χ3n) is 3.34. The third-order valence-corrected chi connectivity index (χ3v) is 3.34. The molecule has 22 heavy (non-hydrogen) atoms. The molecule has 0 radical (unpaired) electrons. The first-order valence-electron chi connectivity index (χ1n) is 6.35. The van der Waals surface area contributed by atoms with Crippen molar-refractivity contribution in [1.29, 1.82) is 0 Å². The lowest BCUT2D eigenvalue weighted by molar-refractivity contribution is -0.0782. The van der Waals surface area contributed by atoms with Crippen LogP contribution in [0.25, 0.3) is 0 Å². The van der Waals surface area contributed by atoms with Crippen molar-refractivity contribution in [3.8, 4) is 11.8 Å². The molecule has 9 nitrogen and oxygen atoms in total. The Morgan fingerprint density at radius 1 is 1.68 bits per heavy atom. The van der Waals surface area contributed by atoms with Crippen LogP contribution < -0.4 is 17.1 Å². The van der Waals surface area contributed by atoms with Crippen molar-refractivity contribution in [2.75, 3.05) is 6.67 Å². The molecule has 0 saturated carbocycles. The Kier molecular flexibility index (Phi) is 4.43. The number of nitrogens with two attached hydrogens (primary N) is 1. The van der Waals surface area contributed by atoms with Crippen molar-refractivity contribution in [3.63, 3.8) is 0 Å². The van der Waals surface area contributed by atoms with Gasteiger partial charge >= 0.3 is 11.4 Å². The molecule has 2 rings (SSSR count). The monoisotopic (exact) mass is 314 g/mol. The number of ether oxygens (including phenoxy) is 1. The van der Waals surface area contributed by atoms with Crippen molar-refractivity contribution in [1.82, 2.24) is 14.5 Å². The Hall–Kier alpha value is -2.06. The lowest BCUT2D eigenvalue weighted by atomic mass is 9.90. The topological polar surface area (TPSA) is 143 Å². The number of hydrogen-bond acceptors (Lipinski definition) is 7. The number of hydrogen-bond donors (Lipinski definition) is 4. The first-order valence-corrected chi connectivity index (χ1v) is 6.35. The van der Waals surface area contributed by atoms with E-state index in [-0.39, 0.29) is 0 Å². The molecule has 1 aromatic heterocycles. The molecule has 1 unspecified atom stereocenters. The highest BCUT2D eigenvalue weighted by Crippen LogP contribution is 2.36. The number of aliphatic hydroxyl groups excluding tert-OH is 2. The van der Waals surface area contributed by atoms with E-state index in [4.69, 9.17) is 10.5 Å². The summed E-state index contributed by atoms with van der Waals surface area (Å²) in [6.07, 6.45) is -4.25. The second-order valence-corrected chi connectivity index (χ2v) is 4.89. The normalized spacial score (nSPS) is 32.3. The van der Waals surface area contributed by atoms with E-state index in [0.29, 0.717) is 0 Å². The van der Waals surface area contributed by atoms with Gasteiger partial charge in [-0.1, -0.05) is 11.8 Å². The molecule has 10 heteroatoms. The van der Waals surface area contributed by atoms with Gasteiger partial charge in [0.2, 0.25) is 0 Å². The summed E-state index contributed by atoms with van der Waals surface area (Å²) in [5, 5.41) is 19.9. The van der Waals surface area contributed by atoms with Crippen LogP contribution >= 0.6 is 0 Å². The van der Waals surface area contributed by atoms with E-state index in [9.17, 15) is 24.2 Å². The first kappa shape index (κ1) is 16.3. The molecule has 1 fully saturated rings. The number of nitrogens with zero attached hydrogens (tertiary/aromatic N) is 2. The highest BCUT2D eigenvalue weighted by Gasteiger charge is 2.55. The first-order chi connectivity index (χ1) is 10.3. The minimum Gasteiger partial charge on any atom is -0.391 e. The van der Waals surface area contributed by atoms with Gasteiger partial charge in [0.15, 0.2) is 11.8 Å². The number of aromatic amines is 1. The zero-order valence-corrected chi connectivity index (χ0v) is 11.6. The van der Waals surface area contributed by atoms with Crippen LogP contribution in [0, 0.1) is 11.8 Å². The van der Waals surface area contributed by atoms with Gasteiger partial charge < -0.3 is 20.7 Å². The number of rotatable bonds is 2. The highest BCUT2D eigenvalue weighted by molar-refractivity contribution is 5.26. The molecule has 0 spiro atoms. The minimum atomic E-state index is -1.86. The zero-order chi connectivity index (χ0) is 16.5. The van der Waals surface area contributed by atoms with Gasteiger partial charge in [-0.05, 0) is 6.92 Å². The van der Waals surface area contributed by atoms with E-state index >= 15 is 0 Å². The van der Waals surface area contributed by atoms with Gasteiger partial charge in [0.1, 0.15) is 25.2 Å². The molecule has 0 aliphatic carbocycles. The van der Waals surface area contributed by atoms with Crippen molar-refractivity contribution in [3.05, 3.63) is 27.3 Å². The molecule has 1 saturated heterocycles. The molecule has 0 amide bonds. The molecule has 1 aromatic rings. The van der Waals surface area contributed by atoms with Crippen molar-refractivity contribution in [2.45, 2.75) is 37.0 Å². The van der Waals surface area contributed by atoms with Crippen LogP contribution in [-0.4, -0.2) is 55.3 Å². The SMILES string of the molecule is C[C@H](O)[C@H]1O[C@@H](n2cnc(=O)[nH]c2=O)C(N)(C#CCF)[C@H]1O. The predicted molar refractivity (Wildman–Crippen MR) is 71.4 cm³/mol. The lowest BCUT2D eigenvalue weighted by Gasteiger charge is -2.27. The van der Waals surface area contributed by atoms with Crippen LogP contribution in [0.1, 0.15) is 13.2 Å². The average Bonchev–Trinajstić information content (AvgIpc) is 2.70. The van der Waals surface area contributed by atoms with Crippen LogP contribution in [0.3, 0.4) is 0 Å². The van der Waals surface area contributed by atoms with E-state index in [1.54, 1.807) is 0 Å². The molecule has 1 aliphatic rings. The zero-order valence-electron chi connectivity index (χ0n) is 11.6. The number of nitrogens with one attached hydrogen (secondary N) is 1. The number of halogens is 1. The van der Waals surface area contributed by atoms with Gasteiger partial charge in [-0.2, -0.15) is 4.98 Å². The molecule has 0 aromatic carbocycles. The van der Waals surface area contributed by atoms with Gasteiger partial charge in [0, 0.05) is 0 Å². The Morgan fingerprint density at radius 3 is 2.91 bits per heavy atom. The van der Waals surface area contributed by atoms with Crippen LogP contribution in [0.2, 0.25) is 0 Å². The maximum Gasteiger partial charge on any atom is 0.350 e. The highest BCUT2D eigenvalue weighted by atomic mass is 19.1. The second kappa shape index (κ2) is 5.98. The van der Waals surface area contributed by atoms with E-state index in [0.717, 1.165) is 10.9 Å². The van der Waals surface area contributed by atoms with Gasteiger partial charge in [0.25, 0.3) is 0 Å². The molecule has 1 aliphatic heterocycles. The van der Waals surface area contributed by atoms with Crippen molar-refractivity contribution >= 4 is 0 Å². The minimum absolute atomic E-state index is 0.819. The average molecular weight is 314 g/mol. The maximum absolute atomic E-state index is 12.3. The Morgan fingerprint density at radius 2 is 2.36 bits per heavy atom. The Labute approximate surface area is 123 Å². The predicted octanol–water partition coefficient (Wildman–Crippen LogP) is -2.76. The summed E-state index contributed by atoms with van der Waals surface area (Å²) in [7, 11) is 0. The summed E-state index contributed by atoms with van der Waals surface area (Å²) in [6, 6.07) is 0. The number of aromatic nitrogens is 3. The third kappa shape index (κ3) is 2.67. The Balaban J connectivity index is 2.55. The Bertz CT molecular complexity index is 720. The smallest absolute Gasteiger partial charge is 0.350 e. The lowest BCUT2D eigenvalue weighted by Crippen LogP contribution is -2.55. The van der Waals surface area contributed by atoms with E-state index in [1.165, 1.54) is 6.92 Å². The summed E-state index contributed by atoms with van der Waals surface area (Å²) in [5.41, 5.74) is 2.37. The fourth-order valence-electron chi connectivity index (χ4n) is 2.27. The summed E-state index contributed by atoms with van der Waals surface area (Å²) >= 11 is 0. The van der Waals surface area contributed by atoms with Gasteiger partial charge in [-0.15, -0.1) is 0 Å². The fraction of sp³-hybridized carbons (Fsp3) is 0.583. The van der Waals surface area contributed by atoms with E-state index in [1.807, 2.05) is 4.98 Å². The molecular weight excluding hydrogens is 299 g/mol. The molecule has 5 N–H and O–H groups in total. The van der Waals surface area contributed by atoms with Crippen molar-refractivity contribution < 1.29 is 19.3 Å². The quantitative estimate of drug-likeness (QED) is 0.433. The standard InChI is InChI=1S/C12H15FN4O5/c1-6(18)7-8(19)12(14,3-2-4-13)9(22-7)17-5-15-10(20)16-11(17)21/h5-9,18-19H,4,14H2,1H3,(H,16,20,21)/t6-,7+,8-,9+,12?/m0/s1. The molecule has 2 heterocycles. The number of aliphatic hydroxyl groups is 2. The number of H-pyrrole nitrogens is 1. The van der Waals surface area contributed by atoms with E-state index in [2.05, 4.69) is 16.8 Å². The van der Waals surface area contributed by atoms with Crippen LogP contribution in [0.4, 0.5) is 4.39 Å². The fourth-order valence-corrected chi connectivity index (χ4v) is 2.27. The van der Waals surface area contributed by atoms with Crippen LogP contribution in [0.15, 0.2) is 15.9 Å². The second-order valence-electron chi connectivity index (χ2n) is 4.89. The molecular formula is C12H15FN4O5. The summed E-state index contributed by atoms with van der Waals surface area (Å²) in [5.74, 6) is 4.40. The van der Waals surface area contributed by atoms with Crippen molar-refractivity contribution in [2.24, 2.45) is 5.73 Å². The largest absolute Gasteiger partial charge is 0.391 e. The molecule has 5 atom stereocenters. The van der Waals surface area contributed by atoms with Gasteiger partial charge in [-0.3, -0.25) is 9.55 Å². The molecule has 0 bridgehead atoms. The molecule has 120 valence electrons.